The molecule has 0 spiro atoms. The number of hydrogen-bond acceptors (Lipinski definition) is 15. The van der Waals surface area contributed by atoms with Gasteiger partial charge in [-0.25, -0.2) is 9.13 Å². The smallest absolute Gasteiger partial charge is 0.462 e. The van der Waals surface area contributed by atoms with Crippen LogP contribution in [0.25, 0.3) is 0 Å². The summed E-state index contributed by atoms with van der Waals surface area (Å²) in [6.07, 6.45) is 50.0. The van der Waals surface area contributed by atoms with E-state index in [9.17, 15) is 43.2 Å². The molecule has 0 aliphatic rings. The molecule has 0 aromatic rings. The minimum atomic E-state index is -4.95. The molecule has 0 radical (unpaired) electrons. The van der Waals surface area contributed by atoms with Crippen LogP contribution in [0.4, 0.5) is 0 Å². The highest BCUT2D eigenvalue weighted by Crippen LogP contribution is 2.45. The molecule has 3 N–H and O–H groups in total. The molecule has 89 heavy (non-hydrogen) atoms. The van der Waals surface area contributed by atoms with Gasteiger partial charge in [0.15, 0.2) is 12.2 Å². The van der Waals surface area contributed by atoms with Gasteiger partial charge in [-0.1, -0.05) is 311 Å². The summed E-state index contributed by atoms with van der Waals surface area (Å²) in [4.78, 5) is 72.4. The van der Waals surface area contributed by atoms with Crippen molar-refractivity contribution < 1.29 is 80.2 Å². The molecule has 2 unspecified atom stereocenters. The van der Waals surface area contributed by atoms with Crippen LogP contribution in [0.15, 0.2) is 0 Å². The normalized spacial score (nSPS) is 14.1. The number of carbonyl (C=O) groups excluding carboxylic acids is 4. The molecule has 0 aliphatic carbocycles. The monoisotopic (exact) mass is 1310 g/mol. The summed E-state index contributed by atoms with van der Waals surface area (Å²) in [5.41, 5.74) is 0. The highest BCUT2D eigenvalue weighted by atomic mass is 31.2. The fourth-order valence-corrected chi connectivity index (χ4v) is 12.2. The van der Waals surface area contributed by atoms with E-state index in [0.717, 1.165) is 109 Å². The lowest BCUT2D eigenvalue weighted by molar-refractivity contribution is -0.161. The molecular formula is C70H136O17P2. The zero-order valence-corrected chi connectivity index (χ0v) is 59.4. The van der Waals surface area contributed by atoms with E-state index in [-0.39, 0.29) is 25.7 Å². The van der Waals surface area contributed by atoms with Gasteiger partial charge in [-0.15, -0.1) is 0 Å². The third-order valence-electron chi connectivity index (χ3n) is 16.3. The number of phosphoric acid groups is 2. The van der Waals surface area contributed by atoms with Crippen molar-refractivity contribution in [1.82, 2.24) is 0 Å². The van der Waals surface area contributed by atoms with Crippen LogP contribution in [0.5, 0.6) is 0 Å². The summed E-state index contributed by atoms with van der Waals surface area (Å²) in [6.45, 7) is 7.22. The number of hydrogen-bond donors (Lipinski definition) is 3. The number of unbranched alkanes of at least 4 members (excludes halogenated alkanes) is 42. The van der Waals surface area contributed by atoms with Gasteiger partial charge in [0.05, 0.1) is 26.4 Å². The maximum atomic E-state index is 13.0. The van der Waals surface area contributed by atoms with Crippen molar-refractivity contribution in [1.29, 1.82) is 0 Å². The molecule has 0 aromatic heterocycles. The summed E-state index contributed by atoms with van der Waals surface area (Å²) in [5, 5.41) is 10.6. The third kappa shape index (κ3) is 64.6. The van der Waals surface area contributed by atoms with Crippen molar-refractivity contribution in [2.75, 3.05) is 39.6 Å². The van der Waals surface area contributed by atoms with Crippen molar-refractivity contribution >= 4 is 39.5 Å². The average Bonchev–Trinajstić information content (AvgIpc) is 3.63. The summed E-state index contributed by atoms with van der Waals surface area (Å²) in [7, 11) is -9.89. The van der Waals surface area contributed by atoms with Crippen LogP contribution in [0.2, 0.25) is 0 Å². The number of aliphatic hydroxyl groups is 1. The van der Waals surface area contributed by atoms with E-state index in [2.05, 4.69) is 34.6 Å². The molecule has 0 heterocycles. The number of carbonyl (C=O) groups is 4. The second-order valence-corrected chi connectivity index (χ2v) is 28.7. The van der Waals surface area contributed by atoms with Gasteiger partial charge in [-0.2, -0.15) is 0 Å². The lowest BCUT2D eigenvalue weighted by atomic mass is 10.0. The second-order valence-electron chi connectivity index (χ2n) is 25.7. The van der Waals surface area contributed by atoms with Crippen LogP contribution in [-0.4, -0.2) is 96.7 Å². The molecule has 19 heteroatoms. The Balaban J connectivity index is 5.20. The van der Waals surface area contributed by atoms with Crippen molar-refractivity contribution in [3.8, 4) is 0 Å². The molecule has 0 bridgehead atoms. The maximum absolute atomic E-state index is 13.0. The zero-order valence-electron chi connectivity index (χ0n) is 57.6. The van der Waals surface area contributed by atoms with E-state index in [1.54, 1.807) is 0 Å². The van der Waals surface area contributed by atoms with Gasteiger partial charge in [0.2, 0.25) is 0 Å². The lowest BCUT2D eigenvalue weighted by Gasteiger charge is -2.21. The van der Waals surface area contributed by atoms with Gasteiger partial charge in [0.1, 0.15) is 19.3 Å². The highest BCUT2D eigenvalue weighted by Gasteiger charge is 2.30. The molecule has 0 rings (SSSR count). The summed E-state index contributed by atoms with van der Waals surface area (Å²) >= 11 is 0. The van der Waals surface area contributed by atoms with Gasteiger partial charge in [-0.3, -0.25) is 37.3 Å². The van der Waals surface area contributed by atoms with Crippen LogP contribution < -0.4 is 0 Å². The first-order valence-electron chi connectivity index (χ1n) is 36.6. The van der Waals surface area contributed by atoms with Crippen molar-refractivity contribution in [3.63, 3.8) is 0 Å². The van der Waals surface area contributed by atoms with E-state index in [0.29, 0.717) is 25.7 Å². The highest BCUT2D eigenvalue weighted by molar-refractivity contribution is 7.47. The minimum absolute atomic E-state index is 0.107. The van der Waals surface area contributed by atoms with Crippen LogP contribution in [-0.2, 0) is 65.4 Å². The van der Waals surface area contributed by atoms with Gasteiger partial charge >= 0.3 is 39.5 Å². The van der Waals surface area contributed by atoms with Crippen LogP contribution >= 0.6 is 15.6 Å². The van der Waals surface area contributed by atoms with E-state index in [1.807, 2.05) is 0 Å². The van der Waals surface area contributed by atoms with Gasteiger partial charge in [0, 0.05) is 25.7 Å². The van der Waals surface area contributed by atoms with E-state index < -0.39 is 97.5 Å². The largest absolute Gasteiger partial charge is 0.472 e. The summed E-state index contributed by atoms with van der Waals surface area (Å²) in [6, 6.07) is 0. The fourth-order valence-electron chi connectivity index (χ4n) is 10.6. The number of aliphatic hydroxyl groups excluding tert-OH is 1. The van der Waals surface area contributed by atoms with Crippen LogP contribution in [0, 0.1) is 5.92 Å². The molecule has 0 amide bonds. The van der Waals surface area contributed by atoms with Crippen LogP contribution in [0.3, 0.4) is 0 Å². The molecule has 17 nitrogen and oxygen atoms in total. The Bertz CT molecular complexity index is 1720. The molecule has 0 saturated heterocycles. The molecule has 0 fully saturated rings. The Hall–Kier alpha value is -1.94. The summed E-state index contributed by atoms with van der Waals surface area (Å²) < 4.78 is 68.2. The van der Waals surface area contributed by atoms with Crippen molar-refractivity contribution in [2.45, 2.75) is 380 Å². The Kier molecular flexibility index (Phi) is 62.1. The summed E-state index contributed by atoms with van der Waals surface area (Å²) in [5.74, 6) is -1.34. The Morgan fingerprint density at radius 3 is 0.764 bits per heavy atom. The maximum Gasteiger partial charge on any atom is 0.472 e. The first-order chi connectivity index (χ1) is 43.0. The fraction of sp³-hybridized carbons (Fsp3) is 0.943. The second kappa shape index (κ2) is 63.5. The first-order valence-corrected chi connectivity index (χ1v) is 39.6. The molecule has 0 aliphatic heterocycles. The zero-order chi connectivity index (χ0) is 65.6. The molecule has 0 aromatic carbocycles. The third-order valence-corrected chi connectivity index (χ3v) is 18.2. The van der Waals surface area contributed by atoms with E-state index in [1.165, 1.54) is 173 Å². The van der Waals surface area contributed by atoms with E-state index in [4.69, 9.17) is 37.0 Å². The Morgan fingerprint density at radius 1 is 0.303 bits per heavy atom. The lowest BCUT2D eigenvalue weighted by Crippen LogP contribution is -2.30. The average molecular weight is 1310 g/mol. The van der Waals surface area contributed by atoms with Crippen molar-refractivity contribution in [2.24, 2.45) is 5.92 Å². The predicted molar refractivity (Wildman–Crippen MR) is 358 cm³/mol. The van der Waals surface area contributed by atoms with Gasteiger partial charge in [-0.05, 0) is 31.6 Å². The van der Waals surface area contributed by atoms with Crippen molar-refractivity contribution in [3.05, 3.63) is 0 Å². The minimum Gasteiger partial charge on any atom is -0.462 e. The van der Waals surface area contributed by atoms with E-state index >= 15 is 0 Å². The SMILES string of the molecule is CCCCCCCCCCCCCCCCCC(=O)OC[C@H](COP(=O)(O)OC[C@@H](O)COP(=O)(O)OC[C@@H](COC(=O)CCCCCCCCC)OC(=O)CCCCCCCCCCCCC)OC(=O)CCCCCCCCCCCCCCCC(C)C. The molecular weight excluding hydrogens is 1170 g/mol. The topological polar surface area (TPSA) is 237 Å². The van der Waals surface area contributed by atoms with Gasteiger partial charge in [0.25, 0.3) is 0 Å². The Labute approximate surface area is 543 Å². The molecule has 0 saturated carbocycles. The molecule has 5 atom stereocenters. The predicted octanol–water partition coefficient (Wildman–Crippen LogP) is 20.1. The quantitative estimate of drug-likeness (QED) is 0.0222. The number of ether oxygens (including phenoxy) is 4. The molecule has 528 valence electrons. The first kappa shape index (κ1) is 87.1. The number of esters is 4. The van der Waals surface area contributed by atoms with Crippen LogP contribution in [0.1, 0.15) is 362 Å². The number of phosphoric ester groups is 2. The number of rotatable bonds is 70. The Morgan fingerprint density at radius 2 is 0.517 bits per heavy atom. The standard InChI is InChI=1S/C70H136O17P2/c1-6-9-12-15-18-20-22-23-24-27-31-34-39-44-49-54-68(73)81-60-66(87-70(75)56-51-46-41-36-32-28-25-26-30-33-38-42-47-52-63(4)5)62-85-89(78,79)83-58-64(71)57-82-88(76,77)84-61-65(59-80-67(72)53-48-43-37-17-14-11-8-3)86-69(74)55-50-45-40-35-29-21-19-16-13-10-7-2/h63-66,71H,6-62H2,1-5H3,(H,76,77)(H,78,79)/t64-,65+,66+/m0/s1. The van der Waals surface area contributed by atoms with Gasteiger partial charge < -0.3 is 33.8 Å².